The Bertz CT molecular complexity index is 297. The molecule has 0 fully saturated rings. The first-order chi connectivity index (χ1) is 8.47. The Morgan fingerprint density at radius 1 is 0.947 bits per heavy atom. The molecule has 0 aromatic carbocycles. The van der Waals surface area contributed by atoms with Gasteiger partial charge < -0.3 is 19.3 Å². The molecule has 0 atom stereocenters. The molecule has 0 aromatic heterocycles. The fourth-order valence-electron chi connectivity index (χ4n) is 1.52. The predicted molar refractivity (Wildman–Crippen MR) is 73.0 cm³/mol. The van der Waals surface area contributed by atoms with Crippen molar-refractivity contribution in [3.05, 3.63) is 0 Å². The van der Waals surface area contributed by atoms with E-state index in [9.17, 15) is 4.57 Å². The Kier molecular flexibility index (Phi) is 7.73. The molecule has 7 heteroatoms. The minimum absolute atomic E-state index is 0.0356. The first-order valence-corrected chi connectivity index (χ1v) is 7.98. The average Bonchev–Trinajstić information content (AvgIpc) is 2.13. The highest BCUT2D eigenvalue weighted by Crippen LogP contribution is 2.36. The number of rotatable bonds is 10. The van der Waals surface area contributed by atoms with Gasteiger partial charge in [0.25, 0.3) is 0 Å². The van der Waals surface area contributed by atoms with Crippen LogP contribution in [0.3, 0.4) is 0 Å². The SMILES string of the molecule is CCOC(C)(C)CCOC(C)(C)CCOP(=O)(O)O. The van der Waals surface area contributed by atoms with Gasteiger partial charge in [0.15, 0.2) is 0 Å². The molecule has 2 N–H and O–H groups in total. The second-order valence-corrected chi connectivity index (χ2v) is 6.86. The van der Waals surface area contributed by atoms with Gasteiger partial charge in [0.2, 0.25) is 0 Å². The van der Waals surface area contributed by atoms with Gasteiger partial charge in [0.1, 0.15) is 0 Å². The van der Waals surface area contributed by atoms with E-state index in [4.69, 9.17) is 19.3 Å². The third-order valence-corrected chi connectivity index (χ3v) is 3.21. The van der Waals surface area contributed by atoms with E-state index >= 15 is 0 Å². The first-order valence-electron chi connectivity index (χ1n) is 6.45. The van der Waals surface area contributed by atoms with E-state index in [1.807, 2.05) is 34.6 Å². The molecule has 0 aliphatic carbocycles. The molecule has 0 bridgehead atoms. The predicted octanol–water partition coefficient (Wildman–Crippen LogP) is 2.49. The Morgan fingerprint density at radius 3 is 1.89 bits per heavy atom. The molecule has 0 aromatic rings. The van der Waals surface area contributed by atoms with Gasteiger partial charge in [0.05, 0.1) is 24.4 Å². The van der Waals surface area contributed by atoms with Crippen LogP contribution < -0.4 is 0 Å². The van der Waals surface area contributed by atoms with Crippen LogP contribution in [-0.4, -0.2) is 40.8 Å². The molecule has 0 aliphatic rings. The molecule has 0 rings (SSSR count). The van der Waals surface area contributed by atoms with E-state index in [0.29, 0.717) is 19.6 Å². The highest BCUT2D eigenvalue weighted by molar-refractivity contribution is 7.46. The third-order valence-electron chi connectivity index (χ3n) is 2.70. The monoisotopic (exact) mass is 298 g/mol. The maximum atomic E-state index is 10.5. The largest absolute Gasteiger partial charge is 0.469 e. The van der Waals surface area contributed by atoms with Crippen LogP contribution in [0, 0.1) is 0 Å². The van der Waals surface area contributed by atoms with Crippen LogP contribution in [0.4, 0.5) is 0 Å². The van der Waals surface area contributed by atoms with Crippen molar-refractivity contribution in [2.45, 2.75) is 58.7 Å². The second kappa shape index (κ2) is 7.72. The van der Waals surface area contributed by atoms with Crippen molar-refractivity contribution in [2.75, 3.05) is 19.8 Å². The molecule has 19 heavy (non-hydrogen) atoms. The van der Waals surface area contributed by atoms with E-state index in [0.717, 1.165) is 6.42 Å². The fraction of sp³-hybridized carbons (Fsp3) is 1.00. The summed E-state index contributed by atoms with van der Waals surface area (Å²) >= 11 is 0. The van der Waals surface area contributed by atoms with Crippen molar-refractivity contribution in [2.24, 2.45) is 0 Å². The van der Waals surface area contributed by atoms with E-state index in [2.05, 4.69) is 4.52 Å². The van der Waals surface area contributed by atoms with Crippen LogP contribution in [0.25, 0.3) is 0 Å². The molecule has 0 unspecified atom stereocenters. The normalized spacial score (nSPS) is 13.8. The summed E-state index contributed by atoms with van der Waals surface area (Å²) in [4.78, 5) is 17.2. The lowest BCUT2D eigenvalue weighted by molar-refractivity contribution is -0.0746. The number of hydrogen-bond acceptors (Lipinski definition) is 4. The van der Waals surface area contributed by atoms with Gasteiger partial charge in [-0.25, -0.2) is 4.57 Å². The van der Waals surface area contributed by atoms with E-state index < -0.39 is 13.4 Å². The van der Waals surface area contributed by atoms with Crippen LogP contribution in [0.2, 0.25) is 0 Å². The summed E-state index contributed by atoms with van der Waals surface area (Å²) in [5.74, 6) is 0. The summed E-state index contributed by atoms with van der Waals surface area (Å²) in [5, 5.41) is 0. The van der Waals surface area contributed by atoms with Crippen LogP contribution in [-0.2, 0) is 18.6 Å². The Morgan fingerprint density at radius 2 is 1.42 bits per heavy atom. The molecule has 0 aliphatic heterocycles. The highest BCUT2D eigenvalue weighted by Gasteiger charge is 2.23. The molecule has 0 spiro atoms. The van der Waals surface area contributed by atoms with E-state index in [1.165, 1.54) is 0 Å². The Balaban J connectivity index is 3.94. The van der Waals surface area contributed by atoms with Crippen molar-refractivity contribution in [1.29, 1.82) is 0 Å². The van der Waals surface area contributed by atoms with Crippen molar-refractivity contribution >= 4 is 7.82 Å². The fourth-order valence-corrected chi connectivity index (χ4v) is 1.85. The van der Waals surface area contributed by atoms with Crippen molar-refractivity contribution in [3.63, 3.8) is 0 Å². The summed E-state index contributed by atoms with van der Waals surface area (Å²) in [6, 6.07) is 0. The van der Waals surface area contributed by atoms with Gasteiger partial charge in [-0.3, -0.25) is 4.52 Å². The number of phosphoric ester groups is 1. The maximum absolute atomic E-state index is 10.5. The number of ether oxygens (including phenoxy) is 2. The standard InChI is InChI=1S/C12H27O6P/c1-6-16-11(2,3)7-9-17-12(4,5)8-10-18-19(13,14)15/h6-10H2,1-5H3,(H2,13,14,15). The van der Waals surface area contributed by atoms with E-state index in [1.54, 1.807) is 0 Å². The second-order valence-electron chi connectivity index (χ2n) is 5.62. The lowest BCUT2D eigenvalue weighted by Gasteiger charge is -2.29. The molecule has 0 heterocycles. The van der Waals surface area contributed by atoms with Crippen LogP contribution in [0.15, 0.2) is 0 Å². The first kappa shape index (κ1) is 19.0. The summed E-state index contributed by atoms with van der Waals surface area (Å²) in [5.41, 5.74) is -0.718. The van der Waals surface area contributed by atoms with Crippen molar-refractivity contribution in [1.82, 2.24) is 0 Å². The quantitative estimate of drug-likeness (QED) is 0.603. The van der Waals surface area contributed by atoms with Gasteiger partial charge in [-0.15, -0.1) is 0 Å². The average molecular weight is 298 g/mol. The van der Waals surface area contributed by atoms with Crippen molar-refractivity contribution in [3.8, 4) is 0 Å². The lowest BCUT2D eigenvalue weighted by atomic mass is 10.0. The number of hydrogen-bond donors (Lipinski definition) is 2. The molecule has 116 valence electrons. The van der Waals surface area contributed by atoms with E-state index in [-0.39, 0.29) is 12.2 Å². The summed E-state index contributed by atoms with van der Waals surface area (Å²) < 4.78 is 26.2. The topological polar surface area (TPSA) is 85.2 Å². The maximum Gasteiger partial charge on any atom is 0.469 e. The highest BCUT2D eigenvalue weighted by atomic mass is 31.2. The summed E-state index contributed by atoms with van der Waals surface area (Å²) in [7, 11) is -4.39. The zero-order valence-corrected chi connectivity index (χ0v) is 13.4. The molecule has 0 radical (unpaired) electrons. The van der Waals surface area contributed by atoms with Gasteiger partial charge >= 0.3 is 7.82 Å². The molecule has 0 amide bonds. The molecule has 0 saturated heterocycles. The third kappa shape index (κ3) is 11.5. The van der Waals surface area contributed by atoms with Gasteiger partial charge in [0, 0.05) is 6.61 Å². The van der Waals surface area contributed by atoms with Gasteiger partial charge in [-0.1, -0.05) is 0 Å². The summed E-state index contributed by atoms with van der Waals surface area (Å²) in [6.07, 6.45) is 1.16. The van der Waals surface area contributed by atoms with Crippen LogP contribution in [0.5, 0.6) is 0 Å². The van der Waals surface area contributed by atoms with Gasteiger partial charge in [-0.2, -0.15) is 0 Å². The zero-order chi connectivity index (χ0) is 15.2. The zero-order valence-electron chi connectivity index (χ0n) is 12.5. The van der Waals surface area contributed by atoms with Crippen LogP contribution >= 0.6 is 7.82 Å². The molecular formula is C12H27O6P. The smallest absolute Gasteiger partial charge is 0.376 e. The van der Waals surface area contributed by atoms with Gasteiger partial charge in [-0.05, 0) is 47.5 Å². The lowest BCUT2D eigenvalue weighted by Crippen LogP contribution is -2.31. The molecule has 6 nitrogen and oxygen atoms in total. The minimum atomic E-state index is -4.39. The number of phosphoric acid groups is 1. The summed E-state index contributed by atoms with van der Waals surface area (Å²) in [6.45, 7) is 10.8. The van der Waals surface area contributed by atoms with Crippen LogP contribution in [0.1, 0.15) is 47.5 Å². The molecular weight excluding hydrogens is 271 g/mol. The Labute approximate surface area is 115 Å². The van der Waals surface area contributed by atoms with Crippen molar-refractivity contribution < 1.29 is 28.3 Å². The Hall–Kier alpha value is 0.0300. The molecule has 0 saturated carbocycles. The minimum Gasteiger partial charge on any atom is -0.376 e.